The number of anilines is 1. The lowest BCUT2D eigenvalue weighted by Gasteiger charge is -2.22. The molecule has 0 unspecified atom stereocenters. The zero-order valence-electron chi connectivity index (χ0n) is 21.1. The van der Waals surface area contributed by atoms with Gasteiger partial charge < -0.3 is 9.30 Å². The predicted molar refractivity (Wildman–Crippen MR) is 141 cm³/mol. The minimum absolute atomic E-state index is 0.0597. The van der Waals surface area contributed by atoms with Crippen LogP contribution in [-0.4, -0.2) is 33.5 Å². The van der Waals surface area contributed by atoms with Crippen molar-refractivity contribution >= 4 is 17.7 Å². The Hall–Kier alpha value is -4.26. The van der Waals surface area contributed by atoms with Crippen LogP contribution in [0.15, 0.2) is 73.1 Å². The Morgan fingerprint density at radius 1 is 1.03 bits per heavy atom. The molecule has 186 valence electrons. The Morgan fingerprint density at radius 2 is 1.78 bits per heavy atom. The Labute approximate surface area is 215 Å². The van der Waals surface area contributed by atoms with Gasteiger partial charge in [-0.1, -0.05) is 42.5 Å². The third kappa shape index (κ3) is 4.00. The fraction of sp³-hybridized carbons (Fsp3) is 0.267. The second kappa shape index (κ2) is 8.69. The highest BCUT2D eigenvalue weighted by atomic mass is 16.5. The lowest BCUT2D eigenvalue weighted by molar-refractivity contribution is -0.146. The minimum atomic E-state index is -0.737. The predicted octanol–water partition coefficient (Wildman–Crippen LogP) is 5.56. The number of nitrogens with zero attached hydrogens (tertiary/aromatic N) is 4. The summed E-state index contributed by atoms with van der Waals surface area (Å²) in [4.78, 5) is 36.7. The van der Waals surface area contributed by atoms with Crippen LogP contribution in [-0.2, 0) is 21.5 Å². The van der Waals surface area contributed by atoms with Crippen LogP contribution >= 0.6 is 0 Å². The van der Waals surface area contributed by atoms with E-state index in [9.17, 15) is 9.59 Å². The molecule has 37 heavy (non-hydrogen) atoms. The van der Waals surface area contributed by atoms with Gasteiger partial charge in [0.05, 0.1) is 19.1 Å². The Morgan fingerprint density at radius 3 is 2.51 bits per heavy atom. The maximum atomic E-state index is 13.5. The van der Waals surface area contributed by atoms with Crippen molar-refractivity contribution in [3.63, 3.8) is 0 Å². The summed E-state index contributed by atoms with van der Waals surface area (Å²) in [6.45, 7) is 4.17. The van der Waals surface area contributed by atoms with E-state index in [0.29, 0.717) is 24.0 Å². The van der Waals surface area contributed by atoms with Crippen LogP contribution in [0, 0.1) is 0 Å². The van der Waals surface area contributed by atoms with E-state index in [1.165, 1.54) is 7.11 Å². The summed E-state index contributed by atoms with van der Waals surface area (Å²) < 4.78 is 7.13. The molecule has 0 saturated heterocycles. The molecule has 3 heterocycles. The zero-order chi connectivity index (χ0) is 25.7. The molecular weight excluding hydrogens is 464 g/mol. The Balaban J connectivity index is 1.26. The number of hydrogen-bond donors (Lipinski definition) is 0. The van der Waals surface area contributed by atoms with E-state index in [1.54, 1.807) is 4.90 Å². The number of hydrogen-bond acceptors (Lipinski definition) is 5. The van der Waals surface area contributed by atoms with Crippen LogP contribution in [0.25, 0.3) is 22.6 Å². The fourth-order valence-electron chi connectivity index (χ4n) is 4.97. The topological polar surface area (TPSA) is 77.3 Å². The summed E-state index contributed by atoms with van der Waals surface area (Å²) in [7, 11) is 1.40. The highest BCUT2D eigenvalue weighted by Gasteiger charge is 2.32. The van der Waals surface area contributed by atoms with Gasteiger partial charge in [0.25, 0.3) is 5.91 Å². The molecule has 0 atom stereocenters. The van der Waals surface area contributed by atoms with Gasteiger partial charge in [-0.3, -0.25) is 14.5 Å². The zero-order valence-corrected chi connectivity index (χ0v) is 21.1. The van der Waals surface area contributed by atoms with Crippen LogP contribution in [0.5, 0.6) is 0 Å². The SMILES string of the molecule is COC(=O)C(C)(C)c1ccc(-c2ccc3c(c2)C(=O)N(c2cccc(-c4nccn4C4CC4)n2)C3)cc1. The maximum absolute atomic E-state index is 13.5. The second-order valence-electron chi connectivity index (χ2n) is 10.2. The number of carbonyl (C=O) groups is 2. The molecule has 1 aliphatic carbocycles. The summed E-state index contributed by atoms with van der Waals surface area (Å²) in [5.41, 5.74) is 4.50. The van der Waals surface area contributed by atoms with Crippen LogP contribution in [0.4, 0.5) is 5.82 Å². The van der Waals surface area contributed by atoms with Gasteiger partial charge in [0, 0.05) is 24.0 Å². The van der Waals surface area contributed by atoms with Crippen molar-refractivity contribution in [3.05, 3.63) is 89.7 Å². The Kier molecular flexibility index (Phi) is 5.44. The highest BCUT2D eigenvalue weighted by Crippen LogP contribution is 2.38. The quantitative estimate of drug-likeness (QED) is 0.330. The minimum Gasteiger partial charge on any atom is -0.468 e. The molecule has 7 heteroatoms. The molecule has 1 fully saturated rings. The second-order valence-corrected chi connectivity index (χ2v) is 10.2. The van der Waals surface area contributed by atoms with Gasteiger partial charge in [-0.25, -0.2) is 9.97 Å². The molecule has 1 amide bonds. The molecule has 4 aromatic rings. The molecule has 2 aromatic carbocycles. The highest BCUT2D eigenvalue weighted by molar-refractivity contribution is 6.10. The van der Waals surface area contributed by atoms with Crippen molar-refractivity contribution in [3.8, 4) is 22.6 Å². The van der Waals surface area contributed by atoms with Gasteiger partial charge in [0.2, 0.25) is 0 Å². The van der Waals surface area contributed by atoms with Gasteiger partial charge in [-0.05, 0) is 67.1 Å². The first-order valence-electron chi connectivity index (χ1n) is 12.5. The van der Waals surface area contributed by atoms with E-state index < -0.39 is 5.41 Å². The normalized spacial score (nSPS) is 15.1. The number of benzene rings is 2. The van der Waals surface area contributed by atoms with E-state index in [1.807, 2.05) is 86.9 Å². The lowest BCUT2D eigenvalue weighted by Crippen LogP contribution is -2.30. The van der Waals surface area contributed by atoms with E-state index >= 15 is 0 Å². The van der Waals surface area contributed by atoms with Crippen molar-refractivity contribution in [1.82, 2.24) is 14.5 Å². The smallest absolute Gasteiger partial charge is 0.315 e. The van der Waals surface area contributed by atoms with Gasteiger partial charge in [-0.15, -0.1) is 0 Å². The van der Waals surface area contributed by atoms with Crippen LogP contribution in [0.1, 0.15) is 54.2 Å². The molecule has 0 radical (unpaired) electrons. The van der Waals surface area contributed by atoms with Gasteiger partial charge in [-0.2, -0.15) is 0 Å². The first-order chi connectivity index (χ1) is 17.9. The van der Waals surface area contributed by atoms with Crippen molar-refractivity contribution in [2.45, 2.75) is 44.7 Å². The van der Waals surface area contributed by atoms with Crippen molar-refractivity contribution in [2.75, 3.05) is 12.0 Å². The summed E-state index contributed by atoms with van der Waals surface area (Å²) in [6, 6.07) is 20.1. The van der Waals surface area contributed by atoms with Crippen molar-refractivity contribution < 1.29 is 14.3 Å². The first-order valence-corrected chi connectivity index (χ1v) is 12.5. The van der Waals surface area contributed by atoms with E-state index in [2.05, 4.69) is 9.55 Å². The van der Waals surface area contributed by atoms with E-state index in [0.717, 1.165) is 46.6 Å². The molecule has 0 bridgehead atoms. The number of amides is 1. The van der Waals surface area contributed by atoms with Crippen LogP contribution in [0.3, 0.4) is 0 Å². The molecule has 6 rings (SSSR count). The number of imidazole rings is 1. The number of methoxy groups -OCH3 is 1. The number of pyridine rings is 1. The molecule has 2 aliphatic rings. The molecular formula is C30H28N4O3. The number of carbonyl (C=O) groups excluding carboxylic acids is 2. The summed E-state index contributed by atoms with van der Waals surface area (Å²) >= 11 is 0. The molecule has 2 aromatic heterocycles. The molecule has 1 saturated carbocycles. The van der Waals surface area contributed by atoms with E-state index in [4.69, 9.17) is 9.72 Å². The molecule has 0 N–H and O–H groups in total. The average molecular weight is 493 g/mol. The lowest BCUT2D eigenvalue weighted by atomic mass is 9.84. The molecule has 1 aliphatic heterocycles. The van der Waals surface area contributed by atoms with Crippen LogP contribution < -0.4 is 4.90 Å². The monoisotopic (exact) mass is 492 g/mol. The van der Waals surface area contributed by atoms with E-state index in [-0.39, 0.29) is 11.9 Å². The molecule has 0 spiro atoms. The van der Waals surface area contributed by atoms with Crippen LogP contribution in [0.2, 0.25) is 0 Å². The molecule has 7 nitrogen and oxygen atoms in total. The summed E-state index contributed by atoms with van der Waals surface area (Å²) in [6.07, 6.45) is 6.14. The maximum Gasteiger partial charge on any atom is 0.315 e. The Bertz CT molecular complexity index is 1520. The number of esters is 1. The third-order valence-corrected chi connectivity index (χ3v) is 7.40. The third-order valence-electron chi connectivity index (χ3n) is 7.40. The number of ether oxygens (including phenoxy) is 1. The number of rotatable bonds is 6. The average Bonchev–Trinajstić information content (AvgIpc) is 3.56. The van der Waals surface area contributed by atoms with Gasteiger partial charge >= 0.3 is 5.97 Å². The van der Waals surface area contributed by atoms with Gasteiger partial charge in [0.1, 0.15) is 11.5 Å². The first kappa shape index (κ1) is 23.2. The number of fused-ring (bicyclic) bond motifs is 1. The van der Waals surface area contributed by atoms with Gasteiger partial charge in [0.15, 0.2) is 5.82 Å². The fourth-order valence-corrected chi connectivity index (χ4v) is 4.97. The standard InChI is InChI=1S/C30H28N4O3/c1-30(2,29(36)37-3)22-11-9-19(10-12-22)20-7-8-21-18-34(28(35)24(21)17-20)26-6-4-5-25(32-26)27-31-15-16-33(27)23-13-14-23/h4-12,15-17,23H,13-14,18H2,1-3H3. The van der Waals surface area contributed by atoms with Crippen molar-refractivity contribution in [2.24, 2.45) is 0 Å². The summed E-state index contributed by atoms with van der Waals surface area (Å²) in [5.74, 6) is 1.13. The number of aromatic nitrogens is 3. The largest absolute Gasteiger partial charge is 0.468 e. The van der Waals surface area contributed by atoms with Crippen molar-refractivity contribution in [1.29, 1.82) is 0 Å². The summed E-state index contributed by atoms with van der Waals surface area (Å²) in [5, 5.41) is 0.